The first-order valence-corrected chi connectivity index (χ1v) is 6.02. The fraction of sp³-hybridized carbons (Fsp3) is 0.538. The Bertz CT molecular complexity index is 363. The standard InChI is InChI=1S/C13H21N3O/c1-4-7-14-8-5-6-11(2)12-13(17-3)16-10-9-15-12/h6,9-10,14H,4-5,7-8H2,1-3H3/b11-6-. The van der Waals surface area contributed by atoms with E-state index in [0.717, 1.165) is 30.8 Å². The summed E-state index contributed by atoms with van der Waals surface area (Å²) in [5, 5.41) is 3.36. The SMILES string of the molecule is CCCNCC/C=C(/C)c1nccnc1OC. The average molecular weight is 235 g/mol. The number of rotatable bonds is 7. The van der Waals surface area contributed by atoms with Gasteiger partial charge in [-0.05, 0) is 38.4 Å². The van der Waals surface area contributed by atoms with Gasteiger partial charge in [-0.1, -0.05) is 13.0 Å². The van der Waals surface area contributed by atoms with Crippen LogP contribution >= 0.6 is 0 Å². The molecule has 0 radical (unpaired) electrons. The van der Waals surface area contributed by atoms with E-state index in [0.29, 0.717) is 5.88 Å². The Kier molecular flexibility index (Phi) is 6.25. The lowest BCUT2D eigenvalue weighted by Gasteiger charge is -2.06. The minimum Gasteiger partial charge on any atom is -0.479 e. The molecule has 0 fully saturated rings. The molecular formula is C13H21N3O. The number of nitrogens with one attached hydrogen (secondary N) is 1. The molecule has 0 spiro atoms. The van der Waals surface area contributed by atoms with E-state index >= 15 is 0 Å². The summed E-state index contributed by atoms with van der Waals surface area (Å²) in [6, 6.07) is 0. The lowest BCUT2D eigenvalue weighted by Crippen LogP contribution is -2.15. The van der Waals surface area contributed by atoms with Crippen molar-refractivity contribution >= 4 is 5.57 Å². The van der Waals surface area contributed by atoms with E-state index in [2.05, 4.69) is 28.3 Å². The lowest BCUT2D eigenvalue weighted by atomic mass is 10.2. The van der Waals surface area contributed by atoms with E-state index in [9.17, 15) is 0 Å². The molecule has 0 amide bonds. The van der Waals surface area contributed by atoms with Crippen LogP contribution in [0.25, 0.3) is 5.57 Å². The van der Waals surface area contributed by atoms with Crippen molar-refractivity contribution in [3.63, 3.8) is 0 Å². The zero-order valence-corrected chi connectivity index (χ0v) is 10.9. The summed E-state index contributed by atoms with van der Waals surface area (Å²) in [6.45, 7) is 6.26. The Labute approximate surface area is 103 Å². The zero-order valence-electron chi connectivity index (χ0n) is 10.9. The number of hydrogen-bond acceptors (Lipinski definition) is 4. The molecule has 0 aliphatic rings. The predicted octanol–water partition coefficient (Wildman–Crippen LogP) is 2.28. The summed E-state index contributed by atoms with van der Waals surface area (Å²) in [5.41, 5.74) is 1.93. The van der Waals surface area contributed by atoms with Crippen LogP contribution in [0.1, 0.15) is 32.4 Å². The van der Waals surface area contributed by atoms with E-state index in [1.165, 1.54) is 6.42 Å². The maximum absolute atomic E-state index is 5.18. The Morgan fingerprint density at radius 3 is 2.82 bits per heavy atom. The molecule has 1 N–H and O–H groups in total. The third kappa shape index (κ3) is 4.53. The fourth-order valence-electron chi connectivity index (χ4n) is 1.53. The van der Waals surface area contributed by atoms with Gasteiger partial charge in [-0.3, -0.25) is 0 Å². The molecule has 0 saturated heterocycles. The van der Waals surface area contributed by atoms with E-state index in [1.807, 2.05) is 6.92 Å². The van der Waals surface area contributed by atoms with Crippen LogP contribution in [-0.2, 0) is 0 Å². The van der Waals surface area contributed by atoms with Gasteiger partial charge in [0, 0.05) is 12.4 Å². The molecule has 0 unspecified atom stereocenters. The minimum atomic E-state index is 0.586. The van der Waals surface area contributed by atoms with Crippen LogP contribution in [0.15, 0.2) is 18.5 Å². The molecule has 94 valence electrons. The van der Waals surface area contributed by atoms with Gasteiger partial charge < -0.3 is 10.1 Å². The molecule has 1 aromatic heterocycles. The molecule has 0 aliphatic heterocycles. The van der Waals surface area contributed by atoms with Crippen LogP contribution < -0.4 is 10.1 Å². The van der Waals surface area contributed by atoms with E-state index in [4.69, 9.17) is 4.74 Å². The van der Waals surface area contributed by atoms with Gasteiger partial charge in [0.15, 0.2) is 0 Å². The van der Waals surface area contributed by atoms with Gasteiger partial charge in [0.2, 0.25) is 5.88 Å². The van der Waals surface area contributed by atoms with Crippen molar-refractivity contribution in [2.45, 2.75) is 26.7 Å². The van der Waals surface area contributed by atoms with Gasteiger partial charge in [0.05, 0.1) is 7.11 Å². The number of aromatic nitrogens is 2. The molecule has 1 rings (SSSR count). The smallest absolute Gasteiger partial charge is 0.239 e. The topological polar surface area (TPSA) is 47.0 Å². The summed E-state index contributed by atoms with van der Waals surface area (Å²) >= 11 is 0. The molecule has 0 bridgehead atoms. The second-order valence-corrected chi connectivity index (χ2v) is 3.84. The lowest BCUT2D eigenvalue weighted by molar-refractivity contribution is 0.394. The van der Waals surface area contributed by atoms with E-state index in [1.54, 1.807) is 19.5 Å². The highest BCUT2D eigenvalue weighted by Crippen LogP contribution is 2.20. The number of ether oxygens (including phenoxy) is 1. The fourth-order valence-corrected chi connectivity index (χ4v) is 1.53. The first-order valence-electron chi connectivity index (χ1n) is 6.02. The van der Waals surface area contributed by atoms with Crippen LogP contribution in [0.3, 0.4) is 0 Å². The number of methoxy groups -OCH3 is 1. The summed E-state index contributed by atoms with van der Waals surface area (Å²) in [6.07, 6.45) is 7.64. The van der Waals surface area contributed by atoms with Gasteiger partial charge in [0.1, 0.15) is 5.69 Å². The van der Waals surface area contributed by atoms with Crippen molar-refractivity contribution < 1.29 is 4.74 Å². The molecule has 1 aromatic rings. The normalized spacial score (nSPS) is 11.6. The average Bonchev–Trinajstić information content (AvgIpc) is 2.38. The number of allylic oxidation sites excluding steroid dienone is 1. The molecule has 17 heavy (non-hydrogen) atoms. The maximum atomic E-state index is 5.18. The quantitative estimate of drug-likeness (QED) is 0.736. The molecule has 4 nitrogen and oxygen atoms in total. The highest BCUT2D eigenvalue weighted by molar-refractivity contribution is 5.63. The molecule has 0 atom stereocenters. The third-order valence-corrected chi connectivity index (χ3v) is 2.43. The maximum Gasteiger partial charge on any atom is 0.239 e. The van der Waals surface area contributed by atoms with Gasteiger partial charge in [-0.25, -0.2) is 9.97 Å². The first kappa shape index (κ1) is 13.6. The number of nitrogens with zero attached hydrogens (tertiary/aromatic N) is 2. The van der Waals surface area contributed by atoms with Gasteiger partial charge in [-0.15, -0.1) is 0 Å². The van der Waals surface area contributed by atoms with E-state index < -0.39 is 0 Å². The number of hydrogen-bond donors (Lipinski definition) is 1. The zero-order chi connectivity index (χ0) is 12.5. The van der Waals surface area contributed by atoms with E-state index in [-0.39, 0.29) is 0 Å². The Balaban J connectivity index is 2.55. The largest absolute Gasteiger partial charge is 0.479 e. The molecule has 0 aliphatic carbocycles. The third-order valence-electron chi connectivity index (χ3n) is 2.43. The summed E-state index contributed by atoms with van der Waals surface area (Å²) in [4.78, 5) is 8.42. The second kappa shape index (κ2) is 7.79. The molecule has 1 heterocycles. The van der Waals surface area contributed by atoms with Crippen LogP contribution in [0, 0.1) is 0 Å². The van der Waals surface area contributed by atoms with Crippen molar-refractivity contribution in [3.8, 4) is 5.88 Å². The van der Waals surface area contributed by atoms with Crippen molar-refractivity contribution in [2.24, 2.45) is 0 Å². The molecule has 0 aromatic carbocycles. The Hall–Kier alpha value is -1.42. The van der Waals surface area contributed by atoms with Gasteiger partial charge in [-0.2, -0.15) is 0 Å². The molecule has 4 heteroatoms. The predicted molar refractivity (Wildman–Crippen MR) is 70.0 cm³/mol. The monoisotopic (exact) mass is 235 g/mol. The van der Waals surface area contributed by atoms with Crippen molar-refractivity contribution in [2.75, 3.05) is 20.2 Å². The Morgan fingerprint density at radius 1 is 1.35 bits per heavy atom. The van der Waals surface area contributed by atoms with Gasteiger partial charge >= 0.3 is 0 Å². The highest BCUT2D eigenvalue weighted by Gasteiger charge is 2.05. The van der Waals surface area contributed by atoms with Crippen LogP contribution in [-0.4, -0.2) is 30.2 Å². The molecular weight excluding hydrogens is 214 g/mol. The Morgan fingerprint density at radius 2 is 2.12 bits per heavy atom. The second-order valence-electron chi connectivity index (χ2n) is 3.84. The first-order chi connectivity index (χ1) is 8.29. The van der Waals surface area contributed by atoms with Crippen LogP contribution in [0.5, 0.6) is 5.88 Å². The van der Waals surface area contributed by atoms with Crippen molar-refractivity contribution in [1.29, 1.82) is 0 Å². The highest BCUT2D eigenvalue weighted by atomic mass is 16.5. The van der Waals surface area contributed by atoms with Crippen LogP contribution in [0.4, 0.5) is 0 Å². The van der Waals surface area contributed by atoms with Crippen LogP contribution in [0.2, 0.25) is 0 Å². The van der Waals surface area contributed by atoms with Crippen molar-refractivity contribution in [3.05, 3.63) is 24.2 Å². The van der Waals surface area contributed by atoms with Gasteiger partial charge in [0.25, 0.3) is 0 Å². The molecule has 0 saturated carbocycles. The van der Waals surface area contributed by atoms with Crippen molar-refractivity contribution in [1.82, 2.24) is 15.3 Å². The summed E-state index contributed by atoms with van der Waals surface area (Å²) < 4.78 is 5.18. The summed E-state index contributed by atoms with van der Waals surface area (Å²) in [7, 11) is 1.61. The minimum absolute atomic E-state index is 0.586. The summed E-state index contributed by atoms with van der Waals surface area (Å²) in [5.74, 6) is 0.586.